The van der Waals surface area contributed by atoms with Crippen molar-refractivity contribution < 1.29 is 28.6 Å². The maximum absolute atomic E-state index is 15.7. The Kier molecular flexibility index (Phi) is 9.16. The van der Waals surface area contributed by atoms with Gasteiger partial charge in [0.1, 0.15) is 11.4 Å². The molecule has 47 heavy (non-hydrogen) atoms. The molecule has 2 saturated heterocycles. The molecule has 3 aliphatic heterocycles. The number of carbonyl (C=O) groups excluding carboxylic acids is 2. The number of nitrogens with zero attached hydrogens (tertiary/aromatic N) is 2. The minimum absolute atomic E-state index is 0.0464. The molecule has 3 heterocycles. The number of morpholine rings is 1. The van der Waals surface area contributed by atoms with Gasteiger partial charge in [0.05, 0.1) is 36.6 Å². The maximum atomic E-state index is 15.7. The fourth-order valence-electron chi connectivity index (χ4n) is 7.34. The summed E-state index contributed by atoms with van der Waals surface area (Å²) < 4.78 is 27.8. The molecule has 0 unspecified atom stereocenters. The zero-order valence-electron chi connectivity index (χ0n) is 26.6. The Labute approximate surface area is 275 Å². The van der Waals surface area contributed by atoms with Crippen LogP contribution >= 0.6 is 0 Å². The highest BCUT2D eigenvalue weighted by molar-refractivity contribution is 5.99. The minimum Gasteiger partial charge on any atom is -0.487 e. The monoisotopic (exact) mass is 642 g/mol. The van der Waals surface area contributed by atoms with Gasteiger partial charge in [-0.15, -0.1) is 0 Å². The first-order valence-corrected chi connectivity index (χ1v) is 16.9. The van der Waals surface area contributed by atoms with Gasteiger partial charge in [-0.2, -0.15) is 0 Å². The van der Waals surface area contributed by atoms with Crippen LogP contribution in [0.4, 0.5) is 15.8 Å². The lowest BCUT2D eigenvalue weighted by Gasteiger charge is -2.48. The van der Waals surface area contributed by atoms with Gasteiger partial charge >= 0.3 is 0 Å². The van der Waals surface area contributed by atoms with Crippen LogP contribution in [0.15, 0.2) is 66.7 Å². The van der Waals surface area contributed by atoms with Crippen molar-refractivity contribution in [1.29, 1.82) is 0 Å². The van der Waals surface area contributed by atoms with Gasteiger partial charge in [-0.1, -0.05) is 36.4 Å². The molecule has 0 bridgehead atoms. The Hall–Kier alpha value is -3.99. The molecule has 1 saturated carbocycles. The van der Waals surface area contributed by atoms with Gasteiger partial charge in [0, 0.05) is 56.3 Å². The van der Waals surface area contributed by atoms with Gasteiger partial charge in [0.15, 0.2) is 5.82 Å². The molecule has 0 radical (unpaired) electrons. The van der Waals surface area contributed by atoms with E-state index in [0.717, 1.165) is 61.3 Å². The van der Waals surface area contributed by atoms with Crippen LogP contribution < -0.4 is 25.2 Å². The first-order valence-electron chi connectivity index (χ1n) is 16.9. The van der Waals surface area contributed by atoms with E-state index in [0.29, 0.717) is 39.0 Å². The van der Waals surface area contributed by atoms with E-state index < -0.39 is 23.9 Å². The number of rotatable bonds is 10. The molecule has 7 rings (SSSR count). The molecule has 0 aromatic heterocycles. The summed E-state index contributed by atoms with van der Waals surface area (Å²) in [6.07, 6.45) is 4.32. The summed E-state index contributed by atoms with van der Waals surface area (Å²) in [6, 6.07) is 19.8. The van der Waals surface area contributed by atoms with Crippen molar-refractivity contribution in [1.82, 2.24) is 10.6 Å². The Morgan fingerprint density at radius 2 is 1.83 bits per heavy atom. The Bertz CT molecular complexity index is 1590. The number of benzene rings is 3. The lowest BCUT2D eigenvalue weighted by molar-refractivity contribution is -0.117. The number of aliphatic hydroxyl groups excluding tert-OH is 1. The first kappa shape index (κ1) is 31.6. The summed E-state index contributed by atoms with van der Waals surface area (Å²) in [6.45, 7) is 3.70. The summed E-state index contributed by atoms with van der Waals surface area (Å²) in [5.41, 5.74) is 2.89. The van der Waals surface area contributed by atoms with Crippen LogP contribution in [0, 0.1) is 5.82 Å². The SMILES string of the molecule is O=C(N[C@@H](Cc1ccccc1)[C@H](O)CN[C@H]1CC2(CCC2)Oc2ccc(N3CCOCC3)cc21)c1cccc(N2CCCC2=O)c1F. The lowest BCUT2D eigenvalue weighted by Crippen LogP contribution is -2.52. The summed E-state index contributed by atoms with van der Waals surface area (Å²) in [7, 11) is 0. The lowest BCUT2D eigenvalue weighted by atomic mass is 9.73. The Balaban J connectivity index is 1.10. The second-order valence-electron chi connectivity index (χ2n) is 13.2. The third-order valence-electron chi connectivity index (χ3n) is 10.2. The predicted octanol–water partition coefficient (Wildman–Crippen LogP) is 4.53. The first-order chi connectivity index (χ1) is 22.9. The zero-order chi connectivity index (χ0) is 32.4. The minimum atomic E-state index is -0.975. The number of halogens is 1. The molecule has 3 atom stereocenters. The van der Waals surface area contributed by atoms with Gasteiger partial charge < -0.3 is 35.0 Å². The molecule has 3 fully saturated rings. The van der Waals surface area contributed by atoms with E-state index in [1.807, 2.05) is 30.3 Å². The second-order valence-corrected chi connectivity index (χ2v) is 13.2. The highest BCUT2D eigenvalue weighted by Gasteiger charge is 2.46. The number of amides is 2. The molecule has 248 valence electrons. The third kappa shape index (κ3) is 6.72. The number of nitrogens with one attached hydrogen (secondary N) is 2. The number of hydrogen-bond acceptors (Lipinski definition) is 7. The van der Waals surface area contributed by atoms with Crippen LogP contribution in [0.25, 0.3) is 0 Å². The van der Waals surface area contributed by atoms with Crippen molar-refractivity contribution in [2.75, 3.05) is 49.2 Å². The normalized spacial score (nSPS) is 21.5. The molecule has 2 amide bonds. The fraction of sp³-hybridized carbons (Fsp3) is 0.459. The van der Waals surface area contributed by atoms with Crippen LogP contribution in [0.2, 0.25) is 0 Å². The van der Waals surface area contributed by atoms with Crippen molar-refractivity contribution >= 4 is 23.2 Å². The van der Waals surface area contributed by atoms with Crippen LogP contribution in [0.1, 0.15) is 66.1 Å². The molecule has 3 N–H and O–H groups in total. The molecular formula is C37H43FN4O5. The summed E-state index contributed by atoms with van der Waals surface area (Å²) in [4.78, 5) is 29.6. The molecular weight excluding hydrogens is 599 g/mol. The predicted molar refractivity (Wildman–Crippen MR) is 177 cm³/mol. The van der Waals surface area contributed by atoms with E-state index in [1.165, 1.54) is 17.0 Å². The molecule has 1 aliphatic carbocycles. The average Bonchev–Trinajstić information content (AvgIpc) is 3.51. The third-order valence-corrected chi connectivity index (χ3v) is 10.2. The van der Waals surface area contributed by atoms with Crippen LogP contribution in [0.5, 0.6) is 5.75 Å². The number of hydrogen-bond donors (Lipinski definition) is 3. The number of carbonyl (C=O) groups is 2. The van der Waals surface area contributed by atoms with Gasteiger partial charge in [-0.05, 0) is 68.0 Å². The Morgan fingerprint density at radius 3 is 2.55 bits per heavy atom. The molecule has 10 heteroatoms. The molecule has 1 spiro atoms. The standard InChI is InChI=1S/C37H43FN4O5/c38-35-27(9-4-10-31(35)42-16-5-11-34(42)44)36(45)40-29(21-25-7-2-1-3-8-25)32(43)24-39-30-23-37(14-6-15-37)47-33-13-12-26(22-28(30)33)41-17-19-46-20-18-41/h1-4,7-10,12-13,22,29-30,32,39,43H,5-6,11,14-21,23-24H2,(H,40,45)/t29-,30-,32+/m0/s1. The molecule has 4 aliphatic rings. The summed E-state index contributed by atoms with van der Waals surface area (Å²) >= 11 is 0. The topological polar surface area (TPSA) is 103 Å². The smallest absolute Gasteiger partial charge is 0.254 e. The summed E-state index contributed by atoms with van der Waals surface area (Å²) in [5.74, 6) is -0.635. The van der Waals surface area contributed by atoms with Gasteiger partial charge in [-0.25, -0.2) is 4.39 Å². The van der Waals surface area contributed by atoms with Gasteiger partial charge in [0.2, 0.25) is 5.91 Å². The second kappa shape index (κ2) is 13.6. The number of ether oxygens (including phenoxy) is 2. The van der Waals surface area contributed by atoms with E-state index in [9.17, 15) is 14.7 Å². The van der Waals surface area contributed by atoms with Gasteiger partial charge in [-0.3, -0.25) is 9.59 Å². The molecule has 3 aromatic rings. The van der Waals surface area contributed by atoms with Crippen molar-refractivity contribution in [2.24, 2.45) is 0 Å². The van der Waals surface area contributed by atoms with Crippen LogP contribution in [-0.2, 0) is 16.0 Å². The number of aliphatic hydroxyl groups is 1. The van der Waals surface area contributed by atoms with Crippen LogP contribution in [0.3, 0.4) is 0 Å². The van der Waals surface area contributed by atoms with Crippen molar-refractivity contribution in [3.05, 3.63) is 89.2 Å². The molecule has 3 aromatic carbocycles. The van der Waals surface area contributed by atoms with E-state index >= 15 is 4.39 Å². The highest BCUT2D eigenvalue weighted by Crippen LogP contribution is 2.49. The van der Waals surface area contributed by atoms with E-state index in [4.69, 9.17) is 9.47 Å². The summed E-state index contributed by atoms with van der Waals surface area (Å²) in [5, 5.41) is 18.2. The molecule has 9 nitrogen and oxygen atoms in total. The quantitative estimate of drug-likeness (QED) is 0.299. The largest absolute Gasteiger partial charge is 0.487 e. The van der Waals surface area contributed by atoms with Gasteiger partial charge in [0.25, 0.3) is 5.91 Å². The highest BCUT2D eigenvalue weighted by atomic mass is 19.1. The van der Waals surface area contributed by atoms with Crippen molar-refractivity contribution in [2.45, 2.75) is 68.7 Å². The van der Waals surface area contributed by atoms with E-state index in [1.54, 1.807) is 6.07 Å². The van der Waals surface area contributed by atoms with Crippen molar-refractivity contribution in [3.63, 3.8) is 0 Å². The zero-order valence-corrected chi connectivity index (χ0v) is 26.6. The maximum Gasteiger partial charge on any atom is 0.254 e. The van der Waals surface area contributed by atoms with E-state index in [-0.39, 0.29) is 35.3 Å². The average molecular weight is 643 g/mol. The number of fused-ring (bicyclic) bond motifs is 1. The van der Waals surface area contributed by atoms with Crippen LogP contribution in [-0.4, -0.2) is 74.1 Å². The Morgan fingerprint density at radius 1 is 1.02 bits per heavy atom. The van der Waals surface area contributed by atoms with Crippen molar-refractivity contribution in [3.8, 4) is 5.75 Å². The number of anilines is 2. The fourth-order valence-corrected chi connectivity index (χ4v) is 7.34. The van der Waals surface area contributed by atoms with E-state index in [2.05, 4.69) is 33.7 Å².